The molecule has 0 aliphatic heterocycles. The Labute approximate surface area is 115 Å². The number of rotatable bonds is 3. The minimum absolute atomic E-state index is 0.134. The summed E-state index contributed by atoms with van der Waals surface area (Å²) in [7, 11) is 1.49. The Hall–Kier alpha value is -2.20. The van der Waals surface area contributed by atoms with Gasteiger partial charge in [-0.2, -0.15) is 0 Å². The number of aromatic hydroxyl groups is 1. The van der Waals surface area contributed by atoms with E-state index in [4.69, 9.17) is 16.3 Å². The molecule has 0 saturated heterocycles. The highest BCUT2D eigenvalue weighted by Gasteiger charge is 2.12. The third kappa shape index (κ3) is 3.17. The third-order valence-corrected chi connectivity index (χ3v) is 2.80. The number of ether oxygens (including phenoxy) is 1. The molecular weight excluding hydrogens is 266 g/mol. The number of carbonyl (C=O) groups is 1. The van der Waals surface area contributed by atoms with Crippen molar-refractivity contribution in [2.24, 2.45) is 0 Å². The minimum atomic E-state index is -0.400. The molecule has 2 aromatic rings. The summed E-state index contributed by atoms with van der Waals surface area (Å²) in [4.78, 5) is 12.0. The van der Waals surface area contributed by atoms with E-state index in [1.807, 2.05) is 0 Å². The summed E-state index contributed by atoms with van der Waals surface area (Å²) < 4.78 is 4.95. The van der Waals surface area contributed by atoms with Gasteiger partial charge in [0.1, 0.15) is 11.5 Å². The van der Waals surface area contributed by atoms with Gasteiger partial charge in [-0.1, -0.05) is 11.6 Å². The standard InChI is InChI=1S/C14H12ClNO3/c1-19-11-6-7-12(13(17)8-11)14(18)16-10-4-2-9(15)3-5-10/h2-8,17H,1H3,(H,16,18). The van der Waals surface area contributed by atoms with Crippen LogP contribution in [-0.2, 0) is 0 Å². The first-order chi connectivity index (χ1) is 9.10. The largest absolute Gasteiger partial charge is 0.507 e. The summed E-state index contributed by atoms with van der Waals surface area (Å²) >= 11 is 5.76. The number of amides is 1. The molecule has 0 atom stereocenters. The fourth-order valence-electron chi connectivity index (χ4n) is 1.56. The smallest absolute Gasteiger partial charge is 0.259 e. The maximum Gasteiger partial charge on any atom is 0.259 e. The van der Waals surface area contributed by atoms with Crippen molar-refractivity contribution in [1.29, 1.82) is 0 Å². The molecule has 0 aliphatic carbocycles. The predicted octanol–water partition coefficient (Wildman–Crippen LogP) is 3.31. The van der Waals surface area contributed by atoms with E-state index in [1.165, 1.54) is 19.2 Å². The van der Waals surface area contributed by atoms with E-state index < -0.39 is 5.91 Å². The van der Waals surface area contributed by atoms with Crippen molar-refractivity contribution in [2.45, 2.75) is 0 Å². The molecule has 2 N–H and O–H groups in total. The van der Waals surface area contributed by atoms with Crippen LogP contribution in [0.4, 0.5) is 5.69 Å². The van der Waals surface area contributed by atoms with E-state index in [1.54, 1.807) is 30.3 Å². The van der Waals surface area contributed by atoms with Crippen molar-refractivity contribution in [3.63, 3.8) is 0 Å². The number of phenols is 1. The van der Waals surface area contributed by atoms with E-state index in [9.17, 15) is 9.90 Å². The van der Waals surface area contributed by atoms with Crippen molar-refractivity contribution in [3.05, 3.63) is 53.1 Å². The van der Waals surface area contributed by atoms with Crippen molar-refractivity contribution >= 4 is 23.2 Å². The lowest BCUT2D eigenvalue weighted by atomic mass is 10.1. The van der Waals surface area contributed by atoms with E-state index in [0.717, 1.165) is 0 Å². The molecule has 2 aromatic carbocycles. The van der Waals surface area contributed by atoms with Crippen LogP contribution in [0.3, 0.4) is 0 Å². The molecule has 0 saturated carbocycles. The molecule has 2 rings (SSSR count). The number of benzene rings is 2. The zero-order chi connectivity index (χ0) is 13.8. The predicted molar refractivity (Wildman–Crippen MR) is 74.1 cm³/mol. The summed E-state index contributed by atoms with van der Waals surface area (Å²) in [5.41, 5.74) is 0.778. The van der Waals surface area contributed by atoms with E-state index in [-0.39, 0.29) is 11.3 Å². The lowest BCUT2D eigenvalue weighted by Crippen LogP contribution is -2.11. The number of hydrogen-bond acceptors (Lipinski definition) is 3. The third-order valence-electron chi connectivity index (χ3n) is 2.55. The number of hydrogen-bond donors (Lipinski definition) is 2. The van der Waals surface area contributed by atoms with Gasteiger partial charge in [0.05, 0.1) is 12.7 Å². The van der Waals surface area contributed by atoms with Gasteiger partial charge in [0.2, 0.25) is 0 Å². The van der Waals surface area contributed by atoms with Crippen LogP contribution in [0.25, 0.3) is 0 Å². The Kier molecular flexibility index (Phi) is 3.92. The summed E-state index contributed by atoms with van der Waals surface area (Å²) in [5, 5.41) is 13.0. The zero-order valence-electron chi connectivity index (χ0n) is 10.2. The van der Waals surface area contributed by atoms with Gasteiger partial charge in [0.15, 0.2) is 0 Å². The van der Waals surface area contributed by atoms with Crippen LogP contribution in [0.2, 0.25) is 5.02 Å². The number of methoxy groups -OCH3 is 1. The molecule has 0 heterocycles. The van der Waals surface area contributed by atoms with Crippen LogP contribution in [0.5, 0.6) is 11.5 Å². The Morgan fingerprint density at radius 2 is 1.89 bits per heavy atom. The molecule has 0 spiro atoms. The average molecular weight is 278 g/mol. The van der Waals surface area contributed by atoms with Crippen molar-refractivity contribution < 1.29 is 14.6 Å². The second kappa shape index (κ2) is 5.63. The van der Waals surface area contributed by atoms with Gasteiger partial charge in [0, 0.05) is 16.8 Å². The maximum atomic E-state index is 12.0. The van der Waals surface area contributed by atoms with Crippen LogP contribution in [0.15, 0.2) is 42.5 Å². The fourth-order valence-corrected chi connectivity index (χ4v) is 1.69. The number of phenolic OH excluding ortho intramolecular Hbond substituents is 1. The highest BCUT2D eigenvalue weighted by molar-refractivity contribution is 6.30. The van der Waals surface area contributed by atoms with Crippen molar-refractivity contribution in [1.82, 2.24) is 0 Å². The molecule has 19 heavy (non-hydrogen) atoms. The van der Waals surface area contributed by atoms with Gasteiger partial charge in [-0.15, -0.1) is 0 Å². The number of nitrogens with one attached hydrogen (secondary N) is 1. The summed E-state index contributed by atoms with van der Waals surface area (Å²) in [6.07, 6.45) is 0. The summed E-state index contributed by atoms with van der Waals surface area (Å²) in [6.45, 7) is 0. The Morgan fingerprint density at radius 1 is 1.21 bits per heavy atom. The van der Waals surface area contributed by atoms with Gasteiger partial charge in [0.25, 0.3) is 5.91 Å². The molecule has 0 aliphatic rings. The van der Waals surface area contributed by atoms with Crippen molar-refractivity contribution in [3.8, 4) is 11.5 Å². The van der Waals surface area contributed by atoms with E-state index in [2.05, 4.69) is 5.32 Å². The Balaban J connectivity index is 2.18. The van der Waals surface area contributed by atoms with E-state index in [0.29, 0.717) is 16.5 Å². The van der Waals surface area contributed by atoms with Crippen LogP contribution in [-0.4, -0.2) is 18.1 Å². The summed E-state index contributed by atoms with van der Waals surface area (Å²) in [5.74, 6) is -0.0474. The van der Waals surface area contributed by atoms with Crippen LogP contribution in [0, 0.1) is 0 Å². The topological polar surface area (TPSA) is 58.6 Å². The average Bonchev–Trinajstić information content (AvgIpc) is 2.41. The van der Waals surface area contributed by atoms with Gasteiger partial charge in [-0.3, -0.25) is 4.79 Å². The Morgan fingerprint density at radius 3 is 2.47 bits per heavy atom. The fraction of sp³-hybridized carbons (Fsp3) is 0.0714. The molecule has 98 valence electrons. The first-order valence-electron chi connectivity index (χ1n) is 5.54. The van der Waals surface area contributed by atoms with Crippen molar-refractivity contribution in [2.75, 3.05) is 12.4 Å². The molecule has 5 heteroatoms. The molecule has 0 fully saturated rings. The number of anilines is 1. The van der Waals surface area contributed by atoms with Gasteiger partial charge < -0.3 is 15.2 Å². The molecule has 0 radical (unpaired) electrons. The lowest BCUT2D eigenvalue weighted by molar-refractivity contribution is 0.102. The van der Waals surface area contributed by atoms with Gasteiger partial charge in [-0.05, 0) is 36.4 Å². The van der Waals surface area contributed by atoms with Crippen LogP contribution in [0.1, 0.15) is 10.4 Å². The number of halogens is 1. The molecule has 0 unspecified atom stereocenters. The summed E-state index contributed by atoms with van der Waals surface area (Å²) in [6, 6.07) is 11.2. The van der Waals surface area contributed by atoms with Gasteiger partial charge in [-0.25, -0.2) is 0 Å². The first kappa shape index (κ1) is 13.2. The second-order valence-corrected chi connectivity index (χ2v) is 4.28. The highest BCUT2D eigenvalue weighted by atomic mass is 35.5. The van der Waals surface area contributed by atoms with E-state index >= 15 is 0 Å². The van der Waals surface area contributed by atoms with Crippen LogP contribution < -0.4 is 10.1 Å². The van der Waals surface area contributed by atoms with Crippen LogP contribution >= 0.6 is 11.6 Å². The van der Waals surface area contributed by atoms with Gasteiger partial charge >= 0.3 is 0 Å². The normalized spacial score (nSPS) is 10.0. The quantitative estimate of drug-likeness (QED) is 0.905. The molecule has 4 nitrogen and oxygen atoms in total. The SMILES string of the molecule is COc1ccc(C(=O)Nc2ccc(Cl)cc2)c(O)c1. The Bertz CT molecular complexity index is 596. The second-order valence-electron chi connectivity index (χ2n) is 3.84. The molecule has 0 bridgehead atoms. The molecular formula is C14H12ClNO3. The molecule has 1 amide bonds. The monoisotopic (exact) mass is 277 g/mol. The highest BCUT2D eigenvalue weighted by Crippen LogP contribution is 2.24. The maximum absolute atomic E-state index is 12.0. The number of carbonyl (C=O) groups excluding carboxylic acids is 1. The molecule has 0 aromatic heterocycles. The first-order valence-corrected chi connectivity index (χ1v) is 5.92. The minimum Gasteiger partial charge on any atom is -0.507 e. The zero-order valence-corrected chi connectivity index (χ0v) is 10.9. The lowest BCUT2D eigenvalue weighted by Gasteiger charge is -2.08.